The smallest absolute Gasteiger partial charge is 0.407 e. The summed E-state index contributed by atoms with van der Waals surface area (Å²) in [5.74, 6) is 0.845. The van der Waals surface area contributed by atoms with Crippen LogP contribution in [0, 0.1) is 5.92 Å². The number of alkyl carbamates (subject to hydrolysis) is 1. The molecule has 0 unspecified atom stereocenters. The Balaban J connectivity index is 1.98. The van der Waals surface area contributed by atoms with E-state index in [4.69, 9.17) is 0 Å². The van der Waals surface area contributed by atoms with Gasteiger partial charge < -0.3 is 20.3 Å². The fourth-order valence-electron chi connectivity index (χ4n) is 3.15. The second kappa shape index (κ2) is 9.53. The zero-order valence-electron chi connectivity index (χ0n) is 16.9. The first-order valence-corrected chi connectivity index (χ1v) is 9.54. The van der Waals surface area contributed by atoms with Crippen LogP contribution in [0.2, 0.25) is 0 Å². The number of anilines is 1. The molecule has 0 aliphatic carbocycles. The molecule has 150 valence electrons. The zero-order valence-corrected chi connectivity index (χ0v) is 16.9. The SMILES string of the molecule is COC(=O)N[C@H](C(=O)N1CCC[C@H]1CNc1ncc(C(C)C)cn1)C(C)C. The second-order valence-corrected chi connectivity index (χ2v) is 7.56. The molecule has 0 aromatic carbocycles. The average molecular weight is 377 g/mol. The third kappa shape index (κ3) is 5.55. The summed E-state index contributed by atoms with van der Waals surface area (Å²) in [4.78, 5) is 35.1. The Bertz CT molecular complexity index is 633. The zero-order chi connectivity index (χ0) is 20.0. The third-order valence-corrected chi connectivity index (χ3v) is 4.89. The van der Waals surface area contributed by atoms with Crippen LogP contribution in [0.4, 0.5) is 10.7 Å². The van der Waals surface area contributed by atoms with Crippen molar-refractivity contribution >= 4 is 17.9 Å². The van der Waals surface area contributed by atoms with Crippen molar-refractivity contribution in [1.29, 1.82) is 0 Å². The monoisotopic (exact) mass is 377 g/mol. The van der Waals surface area contributed by atoms with Crippen molar-refractivity contribution in [2.45, 2.75) is 58.5 Å². The number of amides is 2. The van der Waals surface area contributed by atoms with Gasteiger partial charge in [0.1, 0.15) is 6.04 Å². The van der Waals surface area contributed by atoms with Gasteiger partial charge in [-0.15, -0.1) is 0 Å². The van der Waals surface area contributed by atoms with E-state index in [9.17, 15) is 9.59 Å². The van der Waals surface area contributed by atoms with Gasteiger partial charge in [-0.25, -0.2) is 14.8 Å². The molecule has 27 heavy (non-hydrogen) atoms. The number of ether oxygens (including phenoxy) is 1. The fraction of sp³-hybridized carbons (Fsp3) is 0.684. The molecule has 2 heterocycles. The molecule has 1 aliphatic rings. The Kier molecular flexibility index (Phi) is 7.38. The van der Waals surface area contributed by atoms with E-state index in [1.165, 1.54) is 7.11 Å². The largest absolute Gasteiger partial charge is 0.453 e. The quantitative estimate of drug-likeness (QED) is 0.757. The number of likely N-dealkylation sites (tertiary alicyclic amines) is 1. The van der Waals surface area contributed by atoms with Crippen molar-refractivity contribution in [2.75, 3.05) is 25.5 Å². The summed E-state index contributed by atoms with van der Waals surface area (Å²) in [6.45, 7) is 9.28. The van der Waals surface area contributed by atoms with Gasteiger partial charge in [-0.2, -0.15) is 0 Å². The molecule has 1 aromatic rings. The van der Waals surface area contributed by atoms with Gasteiger partial charge in [-0.3, -0.25) is 4.79 Å². The van der Waals surface area contributed by atoms with Crippen LogP contribution < -0.4 is 10.6 Å². The number of methoxy groups -OCH3 is 1. The minimum atomic E-state index is -0.598. The molecule has 1 saturated heterocycles. The van der Waals surface area contributed by atoms with Crippen LogP contribution in [-0.2, 0) is 9.53 Å². The first-order chi connectivity index (χ1) is 12.8. The predicted molar refractivity (Wildman–Crippen MR) is 104 cm³/mol. The molecule has 2 atom stereocenters. The topological polar surface area (TPSA) is 96.5 Å². The number of hydrogen-bond acceptors (Lipinski definition) is 6. The van der Waals surface area contributed by atoms with Crippen LogP contribution in [0.1, 0.15) is 52.0 Å². The highest BCUT2D eigenvalue weighted by Gasteiger charge is 2.35. The van der Waals surface area contributed by atoms with E-state index in [0.29, 0.717) is 25.0 Å². The van der Waals surface area contributed by atoms with Gasteiger partial charge in [-0.1, -0.05) is 27.7 Å². The summed E-state index contributed by atoms with van der Waals surface area (Å²) >= 11 is 0. The van der Waals surface area contributed by atoms with Crippen LogP contribution in [-0.4, -0.2) is 59.2 Å². The molecule has 1 aromatic heterocycles. The Morgan fingerprint density at radius 1 is 1.26 bits per heavy atom. The maximum atomic E-state index is 13.0. The third-order valence-electron chi connectivity index (χ3n) is 4.89. The number of aromatic nitrogens is 2. The van der Waals surface area contributed by atoms with E-state index < -0.39 is 12.1 Å². The lowest BCUT2D eigenvalue weighted by Gasteiger charge is -2.30. The first kappa shape index (κ1) is 20.9. The number of carbonyl (C=O) groups is 2. The molecule has 0 saturated carbocycles. The van der Waals surface area contributed by atoms with E-state index in [0.717, 1.165) is 18.4 Å². The summed E-state index contributed by atoms with van der Waals surface area (Å²) < 4.78 is 4.65. The lowest BCUT2D eigenvalue weighted by molar-refractivity contribution is -0.135. The molecular formula is C19H31N5O3. The van der Waals surface area contributed by atoms with E-state index in [1.807, 2.05) is 31.1 Å². The number of rotatable bonds is 7. The molecule has 2 amide bonds. The van der Waals surface area contributed by atoms with Gasteiger partial charge >= 0.3 is 6.09 Å². The maximum Gasteiger partial charge on any atom is 0.407 e. The summed E-state index contributed by atoms with van der Waals surface area (Å²) in [6.07, 6.45) is 4.91. The molecule has 8 nitrogen and oxygen atoms in total. The van der Waals surface area contributed by atoms with Crippen molar-refractivity contribution in [3.63, 3.8) is 0 Å². The van der Waals surface area contributed by atoms with Crippen molar-refractivity contribution in [2.24, 2.45) is 5.92 Å². The van der Waals surface area contributed by atoms with Crippen molar-refractivity contribution < 1.29 is 14.3 Å². The standard InChI is InChI=1S/C19H31N5O3/c1-12(2)14-9-20-18(21-10-14)22-11-15-7-6-8-24(15)17(25)16(13(3)4)23-19(26)27-5/h9-10,12-13,15-16H,6-8,11H2,1-5H3,(H,23,26)(H,20,21,22)/t15-,16-/m0/s1. The molecule has 1 aliphatic heterocycles. The molecule has 2 rings (SSSR count). The summed E-state index contributed by atoms with van der Waals surface area (Å²) in [7, 11) is 1.30. The van der Waals surface area contributed by atoms with Gasteiger partial charge in [-0.05, 0) is 30.2 Å². The molecule has 1 fully saturated rings. The Labute approximate surface area is 161 Å². The summed E-state index contributed by atoms with van der Waals surface area (Å²) in [6, 6.07) is -0.550. The minimum Gasteiger partial charge on any atom is -0.453 e. The Hall–Kier alpha value is -2.38. The molecule has 8 heteroatoms. The van der Waals surface area contributed by atoms with E-state index in [-0.39, 0.29) is 17.9 Å². The van der Waals surface area contributed by atoms with Gasteiger partial charge in [0.25, 0.3) is 0 Å². The molecular weight excluding hydrogens is 346 g/mol. The number of carbonyl (C=O) groups excluding carboxylic acids is 2. The van der Waals surface area contributed by atoms with E-state index >= 15 is 0 Å². The average Bonchev–Trinajstić information content (AvgIpc) is 3.12. The van der Waals surface area contributed by atoms with Crippen LogP contribution in [0.25, 0.3) is 0 Å². The lowest BCUT2D eigenvalue weighted by Crippen LogP contribution is -2.53. The van der Waals surface area contributed by atoms with Crippen LogP contribution >= 0.6 is 0 Å². The summed E-state index contributed by atoms with van der Waals surface area (Å²) in [5.41, 5.74) is 1.09. The first-order valence-electron chi connectivity index (χ1n) is 9.54. The normalized spacial score (nSPS) is 17.9. The molecule has 0 radical (unpaired) electrons. The highest BCUT2D eigenvalue weighted by Crippen LogP contribution is 2.21. The highest BCUT2D eigenvalue weighted by atomic mass is 16.5. The van der Waals surface area contributed by atoms with Gasteiger partial charge in [0.2, 0.25) is 11.9 Å². The van der Waals surface area contributed by atoms with Gasteiger partial charge in [0.15, 0.2) is 0 Å². The Morgan fingerprint density at radius 2 is 1.93 bits per heavy atom. The fourth-order valence-corrected chi connectivity index (χ4v) is 3.15. The Morgan fingerprint density at radius 3 is 2.48 bits per heavy atom. The number of nitrogens with zero attached hydrogens (tertiary/aromatic N) is 3. The van der Waals surface area contributed by atoms with Crippen molar-refractivity contribution in [1.82, 2.24) is 20.2 Å². The van der Waals surface area contributed by atoms with Crippen LogP contribution in [0.15, 0.2) is 12.4 Å². The number of nitrogens with one attached hydrogen (secondary N) is 2. The second-order valence-electron chi connectivity index (χ2n) is 7.56. The minimum absolute atomic E-state index is 0.0299. The van der Waals surface area contributed by atoms with Gasteiger partial charge in [0.05, 0.1) is 7.11 Å². The maximum absolute atomic E-state index is 13.0. The van der Waals surface area contributed by atoms with Crippen molar-refractivity contribution in [3.05, 3.63) is 18.0 Å². The predicted octanol–water partition coefficient (Wildman–Crippen LogP) is 2.38. The van der Waals surface area contributed by atoms with E-state index in [1.54, 1.807) is 0 Å². The molecule has 2 N–H and O–H groups in total. The summed E-state index contributed by atoms with van der Waals surface area (Å²) in [5, 5.41) is 5.89. The van der Waals surface area contributed by atoms with Crippen molar-refractivity contribution in [3.8, 4) is 0 Å². The van der Waals surface area contributed by atoms with E-state index in [2.05, 4.69) is 39.2 Å². The number of hydrogen-bond donors (Lipinski definition) is 2. The van der Waals surface area contributed by atoms with Gasteiger partial charge in [0, 0.05) is 31.5 Å². The molecule has 0 spiro atoms. The van der Waals surface area contributed by atoms with Crippen LogP contribution in [0.5, 0.6) is 0 Å². The highest BCUT2D eigenvalue weighted by molar-refractivity contribution is 5.86. The lowest BCUT2D eigenvalue weighted by atomic mass is 10.0. The molecule has 0 bridgehead atoms. The van der Waals surface area contributed by atoms with Crippen LogP contribution in [0.3, 0.4) is 0 Å².